The molecule has 6 nitrogen and oxygen atoms in total. The van der Waals surface area contributed by atoms with Crippen LogP contribution in [0.5, 0.6) is 0 Å². The van der Waals surface area contributed by atoms with E-state index in [2.05, 4.69) is 15.0 Å². The van der Waals surface area contributed by atoms with Gasteiger partial charge in [0, 0.05) is 19.1 Å². The summed E-state index contributed by atoms with van der Waals surface area (Å²) >= 11 is 5.62. The first-order valence-electron chi connectivity index (χ1n) is 6.79. The van der Waals surface area contributed by atoms with E-state index in [9.17, 15) is 21.6 Å². The van der Waals surface area contributed by atoms with Gasteiger partial charge in [0.2, 0.25) is 0 Å². The van der Waals surface area contributed by atoms with Gasteiger partial charge < -0.3 is 5.32 Å². The summed E-state index contributed by atoms with van der Waals surface area (Å²) in [5, 5.41) is 2.50. The molecule has 2 aromatic rings. The highest BCUT2D eigenvalue weighted by atomic mass is 35.5. The maximum absolute atomic E-state index is 13.1. The zero-order valence-corrected chi connectivity index (χ0v) is 14.7. The first kappa shape index (κ1) is 19.3. The number of alkyl halides is 3. The summed E-state index contributed by atoms with van der Waals surface area (Å²) in [6.07, 6.45) is -3.40. The number of nitrogens with one attached hydrogen (secondary N) is 2. The van der Waals surface area contributed by atoms with Crippen molar-refractivity contribution >= 4 is 39.0 Å². The van der Waals surface area contributed by atoms with Crippen LogP contribution >= 0.6 is 11.6 Å². The lowest BCUT2D eigenvalue weighted by molar-refractivity contribution is -0.136. The Hall–Kier alpha value is -2.04. The maximum atomic E-state index is 13.1. The van der Waals surface area contributed by atoms with E-state index in [4.69, 9.17) is 11.6 Å². The molecular formula is C14H14ClF3N4O2S. The number of rotatable bonds is 5. The molecule has 0 fully saturated rings. The zero-order chi connectivity index (χ0) is 18.8. The van der Waals surface area contributed by atoms with Crippen molar-refractivity contribution in [3.63, 3.8) is 0 Å². The van der Waals surface area contributed by atoms with Crippen LogP contribution in [0.1, 0.15) is 5.56 Å². The molecule has 2 rings (SSSR count). The Balaban J connectivity index is 2.23. The van der Waals surface area contributed by atoms with Gasteiger partial charge >= 0.3 is 16.4 Å². The number of hydrogen-bond acceptors (Lipinski definition) is 4. The van der Waals surface area contributed by atoms with Gasteiger partial charge in [0.1, 0.15) is 5.82 Å². The van der Waals surface area contributed by atoms with Gasteiger partial charge in [0.05, 0.1) is 23.1 Å². The van der Waals surface area contributed by atoms with Gasteiger partial charge in [0.15, 0.2) is 0 Å². The predicted molar refractivity (Wildman–Crippen MR) is 90.2 cm³/mol. The molecule has 0 aliphatic rings. The molecule has 0 spiro atoms. The summed E-state index contributed by atoms with van der Waals surface area (Å²) in [7, 11) is -0.990. The molecule has 1 aromatic carbocycles. The molecule has 0 radical (unpaired) electrons. The quantitative estimate of drug-likeness (QED) is 0.810. The molecule has 136 valence electrons. The minimum Gasteiger partial charge on any atom is -0.340 e. The van der Waals surface area contributed by atoms with Crippen molar-refractivity contribution in [2.24, 2.45) is 0 Å². The molecule has 0 aliphatic carbocycles. The average Bonchev–Trinajstić information content (AvgIpc) is 2.49. The molecule has 0 bridgehead atoms. The van der Waals surface area contributed by atoms with Crippen LogP contribution in [0.4, 0.5) is 30.4 Å². The van der Waals surface area contributed by atoms with Gasteiger partial charge in [-0.15, -0.1) is 0 Å². The summed E-state index contributed by atoms with van der Waals surface area (Å²) in [4.78, 5) is 3.91. The van der Waals surface area contributed by atoms with Gasteiger partial charge in [-0.1, -0.05) is 11.6 Å². The van der Waals surface area contributed by atoms with Gasteiger partial charge in [-0.2, -0.15) is 25.9 Å². The van der Waals surface area contributed by atoms with Crippen LogP contribution in [0.2, 0.25) is 5.02 Å². The Kier molecular flexibility index (Phi) is 5.45. The van der Waals surface area contributed by atoms with E-state index in [0.717, 1.165) is 10.4 Å². The second-order valence-electron chi connectivity index (χ2n) is 5.13. The van der Waals surface area contributed by atoms with Gasteiger partial charge in [-0.3, -0.25) is 4.72 Å². The second-order valence-corrected chi connectivity index (χ2v) is 7.46. The van der Waals surface area contributed by atoms with E-state index >= 15 is 0 Å². The van der Waals surface area contributed by atoms with Crippen LogP contribution in [0.25, 0.3) is 0 Å². The number of benzene rings is 1. The SMILES string of the molecule is CN(C)S(=O)(=O)Nc1ccc(Nc2ccc(Cl)cc2C(F)(F)F)nc1. The molecule has 0 amide bonds. The molecular weight excluding hydrogens is 381 g/mol. The molecule has 0 unspecified atom stereocenters. The van der Waals surface area contributed by atoms with Crippen molar-refractivity contribution in [3.05, 3.63) is 47.1 Å². The Morgan fingerprint density at radius 3 is 2.36 bits per heavy atom. The van der Waals surface area contributed by atoms with E-state index < -0.39 is 21.9 Å². The third kappa shape index (κ3) is 4.97. The Morgan fingerprint density at radius 2 is 1.84 bits per heavy atom. The average molecular weight is 395 g/mol. The van der Waals surface area contributed by atoms with Crippen LogP contribution in [0.3, 0.4) is 0 Å². The van der Waals surface area contributed by atoms with Crippen LogP contribution < -0.4 is 10.0 Å². The van der Waals surface area contributed by atoms with E-state index in [0.29, 0.717) is 0 Å². The van der Waals surface area contributed by atoms with Gasteiger partial charge in [-0.05, 0) is 30.3 Å². The molecule has 2 N–H and O–H groups in total. The molecule has 11 heteroatoms. The summed E-state index contributed by atoms with van der Waals surface area (Å²) < 4.78 is 65.8. The fourth-order valence-electron chi connectivity index (χ4n) is 1.77. The van der Waals surface area contributed by atoms with Gasteiger partial charge in [-0.25, -0.2) is 4.98 Å². The third-order valence-electron chi connectivity index (χ3n) is 3.04. The fourth-order valence-corrected chi connectivity index (χ4v) is 2.54. The summed E-state index contributed by atoms with van der Waals surface area (Å²) in [6.45, 7) is 0. The van der Waals surface area contributed by atoms with E-state index in [1.807, 2.05) is 0 Å². The third-order valence-corrected chi connectivity index (χ3v) is 4.73. The molecule has 0 atom stereocenters. The minimum absolute atomic E-state index is 0.0423. The fraction of sp³-hybridized carbons (Fsp3) is 0.214. The molecule has 0 aliphatic heterocycles. The molecule has 0 saturated heterocycles. The van der Waals surface area contributed by atoms with Crippen molar-refractivity contribution < 1.29 is 21.6 Å². The van der Waals surface area contributed by atoms with Gasteiger partial charge in [0.25, 0.3) is 0 Å². The van der Waals surface area contributed by atoms with E-state index in [1.54, 1.807) is 0 Å². The van der Waals surface area contributed by atoms with Crippen molar-refractivity contribution in [1.29, 1.82) is 0 Å². The Bertz CT molecular complexity index is 855. The van der Waals surface area contributed by atoms with Crippen molar-refractivity contribution in [2.75, 3.05) is 24.1 Å². The van der Waals surface area contributed by atoms with E-state index in [-0.39, 0.29) is 22.2 Å². The topological polar surface area (TPSA) is 74.3 Å². The van der Waals surface area contributed by atoms with Crippen LogP contribution in [0, 0.1) is 0 Å². The smallest absolute Gasteiger partial charge is 0.340 e. The van der Waals surface area contributed by atoms with Crippen molar-refractivity contribution in [3.8, 4) is 0 Å². The Labute approximate surface area is 147 Å². The number of nitrogens with zero attached hydrogens (tertiary/aromatic N) is 2. The van der Waals surface area contributed by atoms with Crippen LogP contribution in [-0.4, -0.2) is 31.8 Å². The highest BCUT2D eigenvalue weighted by Crippen LogP contribution is 2.37. The highest BCUT2D eigenvalue weighted by molar-refractivity contribution is 7.90. The largest absolute Gasteiger partial charge is 0.418 e. The lowest BCUT2D eigenvalue weighted by Crippen LogP contribution is -2.28. The van der Waals surface area contributed by atoms with Crippen molar-refractivity contribution in [1.82, 2.24) is 9.29 Å². The number of anilines is 3. The zero-order valence-electron chi connectivity index (χ0n) is 13.1. The molecule has 25 heavy (non-hydrogen) atoms. The first-order chi connectivity index (χ1) is 11.5. The maximum Gasteiger partial charge on any atom is 0.418 e. The molecule has 0 saturated carbocycles. The van der Waals surface area contributed by atoms with Crippen molar-refractivity contribution in [2.45, 2.75) is 6.18 Å². The lowest BCUT2D eigenvalue weighted by Gasteiger charge is -2.15. The monoisotopic (exact) mass is 394 g/mol. The van der Waals surface area contributed by atoms with Crippen LogP contribution in [0.15, 0.2) is 36.5 Å². The summed E-state index contributed by atoms with van der Waals surface area (Å²) in [5.74, 6) is 0.112. The summed E-state index contributed by atoms with van der Waals surface area (Å²) in [5.41, 5.74) is -0.975. The molecule has 1 heterocycles. The van der Waals surface area contributed by atoms with E-state index in [1.165, 1.54) is 44.6 Å². The number of aromatic nitrogens is 1. The highest BCUT2D eigenvalue weighted by Gasteiger charge is 2.33. The predicted octanol–water partition coefficient (Wildman–Crippen LogP) is 3.72. The first-order valence-corrected chi connectivity index (χ1v) is 8.61. The normalized spacial score (nSPS) is 12.3. The van der Waals surface area contributed by atoms with Crippen LogP contribution in [-0.2, 0) is 16.4 Å². The Morgan fingerprint density at radius 1 is 1.16 bits per heavy atom. The summed E-state index contributed by atoms with van der Waals surface area (Å²) in [6, 6.07) is 6.04. The lowest BCUT2D eigenvalue weighted by atomic mass is 10.1. The number of hydrogen-bond donors (Lipinski definition) is 2. The number of halogens is 4. The molecule has 1 aromatic heterocycles. The number of pyridine rings is 1. The standard InChI is InChI=1S/C14H14ClF3N4O2S/c1-22(2)25(23,24)21-10-4-6-13(19-8-10)20-12-5-3-9(15)7-11(12)14(16,17)18/h3-8,21H,1-2H3,(H,19,20). The minimum atomic E-state index is -4.59. The second kappa shape index (κ2) is 7.06.